The Morgan fingerprint density at radius 1 is 1.38 bits per heavy atom. The van der Waals surface area contributed by atoms with Gasteiger partial charge < -0.3 is 19.1 Å². The number of methoxy groups -OCH3 is 1. The summed E-state index contributed by atoms with van der Waals surface area (Å²) in [7, 11) is 1.69. The monoisotopic (exact) mass is 331 g/mol. The summed E-state index contributed by atoms with van der Waals surface area (Å²) in [4.78, 5) is 15.0. The average Bonchev–Trinajstić information content (AvgIpc) is 3.27. The number of hydrogen-bond acceptors (Lipinski definition) is 4. The largest absolute Gasteiger partial charge is 0.496 e. The molecule has 1 aromatic carbocycles. The Morgan fingerprint density at radius 2 is 2.21 bits per heavy atom. The van der Waals surface area contributed by atoms with Crippen molar-refractivity contribution in [3.63, 3.8) is 0 Å². The number of carbonyl (C=O) groups is 1. The summed E-state index contributed by atoms with van der Waals surface area (Å²) >= 11 is 0. The van der Waals surface area contributed by atoms with Gasteiger partial charge in [0.05, 0.1) is 26.4 Å². The lowest BCUT2D eigenvalue weighted by Crippen LogP contribution is -2.57. The molecule has 0 radical (unpaired) electrons. The Bertz CT molecular complexity index is 626. The summed E-state index contributed by atoms with van der Waals surface area (Å²) in [6.45, 7) is 4.70. The Balaban J connectivity index is 1.47. The highest BCUT2D eigenvalue weighted by Gasteiger charge is 2.50. The Kier molecular flexibility index (Phi) is 4.01. The molecule has 2 aliphatic heterocycles. The van der Waals surface area contributed by atoms with Crippen LogP contribution in [0.1, 0.15) is 31.2 Å². The maximum Gasteiger partial charge on any atom is 0.226 e. The molecule has 24 heavy (non-hydrogen) atoms. The van der Waals surface area contributed by atoms with Crippen molar-refractivity contribution in [1.29, 1.82) is 0 Å². The highest BCUT2D eigenvalue weighted by Crippen LogP contribution is 2.51. The summed E-state index contributed by atoms with van der Waals surface area (Å²) in [5.74, 6) is 1.50. The van der Waals surface area contributed by atoms with Crippen molar-refractivity contribution in [3.05, 3.63) is 29.8 Å². The lowest BCUT2D eigenvalue weighted by molar-refractivity contribution is -0.167. The first-order chi connectivity index (χ1) is 11.6. The van der Waals surface area contributed by atoms with Crippen molar-refractivity contribution in [2.75, 3.05) is 33.4 Å². The smallest absolute Gasteiger partial charge is 0.226 e. The van der Waals surface area contributed by atoms with Gasteiger partial charge in [0.1, 0.15) is 11.4 Å². The maximum atomic E-state index is 13.0. The highest BCUT2D eigenvalue weighted by molar-refractivity contribution is 5.83. The second kappa shape index (κ2) is 6.05. The van der Waals surface area contributed by atoms with Gasteiger partial charge in [0, 0.05) is 25.5 Å². The van der Waals surface area contributed by atoms with E-state index in [-0.39, 0.29) is 29.4 Å². The summed E-state index contributed by atoms with van der Waals surface area (Å²) in [6.07, 6.45) is 1.85. The predicted molar refractivity (Wildman–Crippen MR) is 89.1 cm³/mol. The second-order valence-electron chi connectivity index (χ2n) is 7.32. The van der Waals surface area contributed by atoms with Gasteiger partial charge in [0.15, 0.2) is 0 Å². The van der Waals surface area contributed by atoms with E-state index in [1.54, 1.807) is 7.11 Å². The molecule has 1 saturated carbocycles. The third kappa shape index (κ3) is 2.80. The van der Waals surface area contributed by atoms with Crippen LogP contribution in [0.4, 0.5) is 0 Å². The van der Waals surface area contributed by atoms with E-state index in [4.69, 9.17) is 14.2 Å². The summed E-state index contributed by atoms with van der Waals surface area (Å²) in [5.41, 5.74) is 0.862. The molecule has 5 heteroatoms. The van der Waals surface area contributed by atoms with Crippen LogP contribution in [0.15, 0.2) is 24.3 Å². The zero-order valence-corrected chi connectivity index (χ0v) is 14.4. The molecule has 3 aliphatic rings. The molecule has 4 atom stereocenters. The summed E-state index contributed by atoms with van der Waals surface area (Å²) in [5, 5.41) is 0. The topological polar surface area (TPSA) is 48.0 Å². The van der Waals surface area contributed by atoms with E-state index in [0.29, 0.717) is 19.7 Å². The first-order valence-electron chi connectivity index (χ1n) is 8.79. The van der Waals surface area contributed by atoms with Crippen LogP contribution in [0, 0.1) is 5.92 Å². The third-order valence-corrected chi connectivity index (χ3v) is 5.43. The van der Waals surface area contributed by atoms with Gasteiger partial charge in [-0.1, -0.05) is 18.2 Å². The fraction of sp³-hybridized carbons (Fsp3) is 0.632. The van der Waals surface area contributed by atoms with Gasteiger partial charge >= 0.3 is 0 Å². The SMILES string of the molecule is COc1ccccc1[C@@H]1C[C@H]1C(=O)N1C[C@H](C)O[C@@]2(CCOC2)C1. The molecule has 0 bridgehead atoms. The zero-order chi connectivity index (χ0) is 16.7. The van der Waals surface area contributed by atoms with Gasteiger partial charge in [-0.05, 0) is 30.9 Å². The van der Waals surface area contributed by atoms with Gasteiger partial charge in [-0.3, -0.25) is 4.79 Å². The molecule has 0 N–H and O–H groups in total. The van der Waals surface area contributed by atoms with E-state index in [1.807, 2.05) is 30.0 Å². The quantitative estimate of drug-likeness (QED) is 0.852. The molecule has 2 heterocycles. The highest BCUT2D eigenvalue weighted by atomic mass is 16.6. The molecule has 1 spiro atoms. The molecule has 2 saturated heterocycles. The molecule has 0 aromatic heterocycles. The number of benzene rings is 1. The Labute approximate surface area is 142 Å². The van der Waals surface area contributed by atoms with E-state index in [0.717, 1.165) is 30.8 Å². The maximum absolute atomic E-state index is 13.0. The number of rotatable bonds is 3. The fourth-order valence-corrected chi connectivity index (χ4v) is 4.22. The standard InChI is InChI=1S/C19H25NO4/c1-13-10-20(11-19(24-13)7-8-23-12-19)18(21)16-9-15(16)14-5-3-4-6-17(14)22-2/h3-6,13,15-16H,7-12H2,1-2H3/t13-,15-,16+,19-/m0/s1. The minimum absolute atomic E-state index is 0.0628. The number of ether oxygens (including phenoxy) is 3. The van der Waals surface area contributed by atoms with Crippen LogP contribution in [0.5, 0.6) is 5.75 Å². The predicted octanol–water partition coefficient (Wildman–Crippen LogP) is 2.21. The molecular weight excluding hydrogens is 306 g/mol. The lowest BCUT2D eigenvalue weighted by Gasteiger charge is -2.43. The van der Waals surface area contributed by atoms with Crippen molar-refractivity contribution < 1.29 is 19.0 Å². The zero-order valence-electron chi connectivity index (χ0n) is 14.4. The molecule has 4 rings (SSSR count). The number of carbonyl (C=O) groups excluding carboxylic acids is 1. The fourth-order valence-electron chi connectivity index (χ4n) is 4.22. The summed E-state index contributed by atoms with van der Waals surface area (Å²) in [6, 6.07) is 8.02. The van der Waals surface area contributed by atoms with Crippen LogP contribution in [0.3, 0.4) is 0 Å². The molecule has 1 aliphatic carbocycles. The molecular formula is C19H25NO4. The van der Waals surface area contributed by atoms with Crippen LogP contribution in [0.25, 0.3) is 0 Å². The second-order valence-corrected chi connectivity index (χ2v) is 7.32. The molecule has 0 unspecified atom stereocenters. The minimum atomic E-state index is -0.290. The van der Waals surface area contributed by atoms with Crippen molar-refractivity contribution in [3.8, 4) is 5.75 Å². The van der Waals surface area contributed by atoms with Crippen LogP contribution >= 0.6 is 0 Å². The van der Waals surface area contributed by atoms with Crippen LogP contribution in [-0.4, -0.2) is 55.9 Å². The normalized spacial score (nSPS) is 35.2. The molecule has 3 fully saturated rings. The Morgan fingerprint density at radius 3 is 2.96 bits per heavy atom. The number of nitrogens with zero attached hydrogens (tertiary/aromatic N) is 1. The van der Waals surface area contributed by atoms with Crippen LogP contribution in [-0.2, 0) is 14.3 Å². The van der Waals surface area contributed by atoms with E-state index in [9.17, 15) is 4.79 Å². The van der Waals surface area contributed by atoms with Gasteiger partial charge in [0.25, 0.3) is 0 Å². The number of para-hydroxylation sites is 1. The van der Waals surface area contributed by atoms with Crippen LogP contribution < -0.4 is 4.74 Å². The molecule has 1 aromatic rings. The number of amides is 1. The van der Waals surface area contributed by atoms with Gasteiger partial charge in [-0.2, -0.15) is 0 Å². The number of morpholine rings is 1. The molecule has 5 nitrogen and oxygen atoms in total. The first kappa shape index (κ1) is 15.9. The van der Waals surface area contributed by atoms with Crippen molar-refractivity contribution >= 4 is 5.91 Å². The molecule has 130 valence electrons. The van der Waals surface area contributed by atoms with E-state index in [2.05, 4.69) is 6.07 Å². The van der Waals surface area contributed by atoms with E-state index < -0.39 is 0 Å². The molecule has 1 amide bonds. The third-order valence-electron chi connectivity index (χ3n) is 5.43. The van der Waals surface area contributed by atoms with Gasteiger partial charge in [0.2, 0.25) is 5.91 Å². The Hall–Kier alpha value is -1.59. The van der Waals surface area contributed by atoms with Gasteiger partial charge in [-0.15, -0.1) is 0 Å². The van der Waals surface area contributed by atoms with E-state index in [1.165, 1.54) is 0 Å². The lowest BCUT2D eigenvalue weighted by atomic mass is 9.98. The minimum Gasteiger partial charge on any atom is -0.496 e. The number of hydrogen-bond donors (Lipinski definition) is 0. The van der Waals surface area contributed by atoms with Crippen LogP contribution in [0.2, 0.25) is 0 Å². The average molecular weight is 331 g/mol. The van der Waals surface area contributed by atoms with E-state index >= 15 is 0 Å². The summed E-state index contributed by atoms with van der Waals surface area (Å²) < 4.78 is 17.1. The first-order valence-corrected chi connectivity index (χ1v) is 8.79. The van der Waals surface area contributed by atoms with Crippen molar-refractivity contribution in [1.82, 2.24) is 4.90 Å². The van der Waals surface area contributed by atoms with Gasteiger partial charge in [-0.25, -0.2) is 0 Å². The van der Waals surface area contributed by atoms with Crippen molar-refractivity contribution in [2.24, 2.45) is 5.92 Å². The van der Waals surface area contributed by atoms with Crippen molar-refractivity contribution in [2.45, 2.75) is 37.4 Å².